The van der Waals surface area contributed by atoms with Crippen LogP contribution in [0.5, 0.6) is 0 Å². The quantitative estimate of drug-likeness (QED) is 0.536. The summed E-state index contributed by atoms with van der Waals surface area (Å²) in [6.07, 6.45) is 0. The van der Waals surface area contributed by atoms with Crippen molar-refractivity contribution >= 4 is 16.1 Å². The fraction of sp³-hybridized carbons (Fsp3) is 0.538. The Balaban J connectivity index is 4.67. The third-order valence-corrected chi connectivity index (χ3v) is 5.60. The van der Waals surface area contributed by atoms with Crippen LogP contribution in [0, 0.1) is 22.6 Å². The molecule has 88 valence electrons. The minimum atomic E-state index is -1.66. The molecule has 0 spiro atoms. The van der Waals surface area contributed by atoms with Crippen LogP contribution >= 0.6 is 0 Å². The van der Waals surface area contributed by atoms with E-state index in [2.05, 4.69) is 60.2 Å². The van der Waals surface area contributed by atoms with E-state index >= 15 is 0 Å². The highest BCUT2D eigenvalue weighted by Crippen LogP contribution is 2.03. The molecule has 3 heteroatoms. The molecule has 0 radical (unpaired) electrons. The van der Waals surface area contributed by atoms with Crippen molar-refractivity contribution in [2.45, 2.75) is 26.2 Å². The maximum atomic E-state index is 3.85. The molecule has 0 aliphatic heterocycles. The first-order valence-electron chi connectivity index (χ1n) is 5.51. The second-order valence-electron chi connectivity index (χ2n) is 5.34. The Kier molecular flexibility index (Phi) is 5.82. The van der Waals surface area contributed by atoms with Crippen LogP contribution in [0.3, 0.4) is 0 Å². The predicted molar refractivity (Wildman–Crippen MR) is 79.3 cm³/mol. The number of hydrogen-bond acceptors (Lipinski definition) is 1. The molecule has 0 aliphatic rings. The standard InChI is InChI=1S/C13H23NSi2/c1-8-15(4,5)12-13-16(6,7)11-9-10-14(2)3/h8H,1,10H2,2-7H3. The van der Waals surface area contributed by atoms with E-state index in [0.717, 1.165) is 6.54 Å². The van der Waals surface area contributed by atoms with Crippen LogP contribution in [0.15, 0.2) is 12.3 Å². The molecule has 0 unspecified atom stereocenters. The first kappa shape index (κ1) is 15.3. The van der Waals surface area contributed by atoms with Gasteiger partial charge >= 0.3 is 0 Å². The van der Waals surface area contributed by atoms with Gasteiger partial charge in [0.05, 0.1) is 6.54 Å². The summed E-state index contributed by atoms with van der Waals surface area (Å²) in [5, 5.41) is 0. The summed E-state index contributed by atoms with van der Waals surface area (Å²) in [6.45, 7) is 13.5. The van der Waals surface area contributed by atoms with Gasteiger partial charge in [0.15, 0.2) is 8.07 Å². The van der Waals surface area contributed by atoms with E-state index in [9.17, 15) is 0 Å². The Hall–Kier alpha value is -0.746. The lowest BCUT2D eigenvalue weighted by Gasteiger charge is -2.10. The van der Waals surface area contributed by atoms with E-state index in [1.165, 1.54) is 0 Å². The molecule has 0 atom stereocenters. The van der Waals surface area contributed by atoms with Crippen molar-refractivity contribution in [2.75, 3.05) is 20.6 Å². The average Bonchev–Trinajstić information content (AvgIpc) is 2.14. The molecule has 0 rings (SSSR count). The van der Waals surface area contributed by atoms with Gasteiger partial charge in [-0.3, -0.25) is 4.90 Å². The van der Waals surface area contributed by atoms with Gasteiger partial charge in [-0.25, -0.2) is 0 Å². The highest BCUT2D eigenvalue weighted by atomic mass is 28.3. The third kappa shape index (κ3) is 7.53. The average molecular weight is 250 g/mol. The summed E-state index contributed by atoms with van der Waals surface area (Å²) in [5.41, 5.74) is 12.2. The molecule has 0 heterocycles. The number of rotatable bonds is 2. The highest BCUT2D eigenvalue weighted by Gasteiger charge is 2.17. The number of nitrogens with zero attached hydrogens (tertiary/aromatic N) is 1. The molecule has 16 heavy (non-hydrogen) atoms. The van der Waals surface area contributed by atoms with Crippen LogP contribution in [0.1, 0.15) is 0 Å². The molecular formula is C13H23NSi2. The molecule has 1 nitrogen and oxygen atoms in total. The van der Waals surface area contributed by atoms with Crippen molar-refractivity contribution in [3.05, 3.63) is 12.3 Å². The Morgan fingerprint density at radius 2 is 1.62 bits per heavy atom. The van der Waals surface area contributed by atoms with Crippen LogP contribution in [0.25, 0.3) is 0 Å². The summed E-state index contributed by atoms with van der Waals surface area (Å²) >= 11 is 0. The lowest BCUT2D eigenvalue weighted by Crippen LogP contribution is -2.26. The van der Waals surface area contributed by atoms with Crippen LogP contribution in [-0.4, -0.2) is 41.7 Å². The number of hydrogen-bond donors (Lipinski definition) is 0. The van der Waals surface area contributed by atoms with E-state index in [1.807, 2.05) is 19.8 Å². The largest absolute Gasteiger partial charge is 0.299 e. The predicted octanol–water partition coefficient (Wildman–Crippen LogP) is 2.31. The summed E-state index contributed by atoms with van der Waals surface area (Å²) < 4.78 is 0. The third-order valence-electron chi connectivity index (χ3n) is 2.00. The van der Waals surface area contributed by atoms with E-state index in [1.54, 1.807) is 0 Å². The molecule has 0 bridgehead atoms. The summed E-state index contributed by atoms with van der Waals surface area (Å²) in [5.74, 6) is 3.20. The molecular weight excluding hydrogens is 226 g/mol. The molecule has 0 amide bonds. The zero-order valence-electron chi connectivity index (χ0n) is 11.4. The van der Waals surface area contributed by atoms with Gasteiger partial charge in [0.25, 0.3) is 0 Å². The van der Waals surface area contributed by atoms with Crippen molar-refractivity contribution in [3.8, 4) is 22.6 Å². The molecule has 0 aromatic rings. The normalized spacial score (nSPS) is 11.2. The maximum Gasteiger partial charge on any atom is 0.210 e. The first-order valence-corrected chi connectivity index (χ1v) is 11.6. The Morgan fingerprint density at radius 1 is 1.06 bits per heavy atom. The van der Waals surface area contributed by atoms with Crippen LogP contribution in [0.4, 0.5) is 0 Å². The Bertz CT molecular complexity index is 359. The lowest BCUT2D eigenvalue weighted by molar-refractivity contribution is 0.464. The topological polar surface area (TPSA) is 3.24 Å². The van der Waals surface area contributed by atoms with Gasteiger partial charge in [-0.05, 0) is 27.2 Å². The lowest BCUT2D eigenvalue weighted by atomic mass is 10.6. The first-order chi connectivity index (χ1) is 7.18. The van der Waals surface area contributed by atoms with Crippen molar-refractivity contribution in [3.63, 3.8) is 0 Å². The van der Waals surface area contributed by atoms with Crippen molar-refractivity contribution in [2.24, 2.45) is 0 Å². The van der Waals surface area contributed by atoms with Gasteiger partial charge in [0.2, 0.25) is 8.07 Å². The second kappa shape index (κ2) is 6.10. The maximum absolute atomic E-state index is 3.85. The summed E-state index contributed by atoms with van der Waals surface area (Å²) in [4.78, 5) is 2.08. The molecule has 0 fully saturated rings. The van der Waals surface area contributed by atoms with Crippen LogP contribution in [-0.2, 0) is 0 Å². The van der Waals surface area contributed by atoms with Crippen LogP contribution < -0.4 is 0 Å². The van der Waals surface area contributed by atoms with Gasteiger partial charge in [0.1, 0.15) is 0 Å². The smallest absolute Gasteiger partial charge is 0.210 e. The van der Waals surface area contributed by atoms with Gasteiger partial charge in [0, 0.05) is 0 Å². The van der Waals surface area contributed by atoms with Crippen molar-refractivity contribution < 1.29 is 0 Å². The van der Waals surface area contributed by atoms with E-state index < -0.39 is 16.1 Å². The monoisotopic (exact) mass is 249 g/mol. The Morgan fingerprint density at radius 3 is 2.06 bits per heavy atom. The van der Waals surface area contributed by atoms with Crippen molar-refractivity contribution in [1.29, 1.82) is 0 Å². The molecule has 0 aromatic heterocycles. The molecule has 0 N–H and O–H groups in total. The van der Waals surface area contributed by atoms with E-state index in [-0.39, 0.29) is 0 Å². The summed E-state index contributed by atoms with van der Waals surface area (Å²) in [7, 11) is 0.914. The molecule has 0 aliphatic carbocycles. The van der Waals surface area contributed by atoms with E-state index in [4.69, 9.17) is 0 Å². The minimum absolute atomic E-state index is 0.820. The minimum Gasteiger partial charge on any atom is -0.299 e. The SMILES string of the molecule is C=C[Si](C)(C)C#C[Si](C)(C)C#CCN(C)C. The van der Waals surface area contributed by atoms with Crippen molar-refractivity contribution in [1.82, 2.24) is 4.90 Å². The molecule has 0 aromatic carbocycles. The molecule has 0 saturated heterocycles. The zero-order chi connectivity index (χ0) is 12.8. The van der Waals surface area contributed by atoms with Gasteiger partial charge in [-0.15, -0.1) is 23.2 Å². The van der Waals surface area contributed by atoms with Gasteiger partial charge in [-0.1, -0.05) is 24.7 Å². The van der Waals surface area contributed by atoms with Crippen LogP contribution in [0.2, 0.25) is 26.2 Å². The highest BCUT2D eigenvalue weighted by molar-refractivity contribution is 6.95. The fourth-order valence-corrected chi connectivity index (χ4v) is 4.04. The fourth-order valence-electron chi connectivity index (χ4n) is 0.818. The Labute approximate surface area is 103 Å². The van der Waals surface area contributed by atoms with Gasteiger partial charge in [-0.2, -0.15) is 0 Å². The van der Waals surface area contributed by atoms with Gasteiger partial charge < -0.3 is 0 Å². The van der Waals surface area contributed by atoms with E-state index in [0.29, 0.717) is 0 Å². The molecule has 0 saturated carbocycles. The summed E-state index contributed by atoms with van der Waals surface area (Å²) in [6, 6.07) is 0. The second-order valence-corrected chi connectivity index (χ2v) is 13.2. The zero-order valence-corrected chi connectivity index (χ0v) is 13.4.